The maximum absolute atomic E-state index is 13.0. The quantitative estimate of drug-likeness (QED) is 0.891. The number of carbonyl (C=O) groups is 1. The molecule has 0 spiro atoms. The molecule has 2 aliphatic heterocycles. The fraction of sp³-hybridized carbons (Fsp3) is 0.438. The summed E-state index contributed by atoms with van der Waals surface area (Å²) in [5, 5.41) is 7.36. The molecule has 0 bridgehead atoms. The maximum atomic E-state index is 13.0. The number of rotatable bonds is 2. The molecule has 4 rings (SSSR count). The van der Waals surface area contributed by atoms with Crippen LogP contribution >= 0.6 is 11.6 Å². The van der Waals surface area contributed by atoms with Gasteiger partial charge in [-0.3, -0.25) is 9.89 Å². The normalized spacial score (nSPS) is 23.5. The number of hydrogen-bond donors (Lipinski definition) is 1. The van der Waals surface area contributed by atoms with E-state index in [9.17, 15) is 4.79 Å². The maximum Gasteiger partial charge on any atom is 0.230 e. The Morgan fingerprint density at radius 1 is 1.38 bits per heavy atom. The molecular weight excluding hydrogens is 332 g/mol. The Hall–Kier alpha value is -2.12. The van der Waals surface area contributed by atoms with E-state index in [0.29, 0.717) is 43.6 Å². The van der Waals surface area contributed by atoms with Gasteiger partial charge in [0.05, 0.1) is 19.1 Å². The van der Waals surface area contributed by atoms with Crippen molar-refractivity contribution in [1.29, 1.82) is 0 Å². The van der Waals surface area contributed by atoms with Crippen LogP contribution in [0.4, 0.5) is 0 Å². The van der Waals surface area contributed by atoms with Gasteiger partial charge in [-0.2, -0.15) is 5.10 Å². The summed E-state index contributed by atoms with van der Waals surface area (Å²) in [7, 11) is 0. The predicted molar refractivity (Wildman–Crippen MR) is 85.8 cm³/mol. The zero-order chi connectivity index (χ0) is 16.5. The lowest BCUT2D eigenvalue weighted by Crippen LogP contribution is -2.48. The van der Waals surface area contributed by atoms with Crippen LogP contribution in [0, 0.1) is 5.92 Å². The van der Waals surface area contributed by atoms with Crippen LogP contribution in [-0.4, -0.2) is 52.4 Å². The van der Waals surface area contributed by atoms with E-state index in [-0.39, 0.29) is 17.9 Å². The van der Waals surface area contributed by atoms with Crippen molar-refractivity contribution in [1.82, 2.24) is 20.1 Å². The first-order valence-corrected chi connectivity index (χ1v) is 8.25. The van der Waals surface area contributed by atoms with E-state index >= 15 is 0 Å². The van der Waals surface area contributed by atoms with Crippen molar-refractivity contribution in [3.8, 4) is 5.75 Å². The van der Waals surface area contributed by atoms with Crippen molar-refractivity contribution in [3.05, 3.63) is 40.9 Å². The number of H-pyrrole nitrogens is 1. The number of ether oxygens (including phenoxy) is 2. The van der Waals surface area contributed by atoms with E-state index in [4.69, 9.17) is 21.1 Å². The molecule has 0 aliphatic carbocycles. The summed E-state index contributed by atoms with van der Waals surface area (Å²) in [6, 6.07) is 5.27. The van der Waals surface area contributed by atoms with Crippen LogP contribution in [0.3, 0.4) is 0 Å². The number of carbonyl (C=O) groups excluding carboxylic acids is 1. The Kier molecular flexibility index (Phi) is 4.12. The number of hydrogen-bond acceptors (Lipinski definition) is 5. The second-order valence-corrected chi connectivity index (χ2v) is 6.39. The molecule has 2 unspecified atom stereocenters. The fourth-order valence-corrected chi connectivity index (χ4v) is 3.42. The number of amides is 1. The van der Waals surface area contributed by atoms with Crippen LogP contribution in [-0.2, 0) is 16.0 Å². The van der Waals surface area contributed by atoms with Gasteiger partial charge < -0.3 is 14.4 Å². The highest BCUT2D eigenvalue weighted by Crippen LogP contribution is 2.32. The SMILES string of the molecule is O=C(C1COc2ccc(Cl)cc2C1)N1CCOCC1c1ncn[nH]1. The van der Waals surface area contributed by atoms with Gasteiger partial charge >= 0.3 is 0 Å². The van der Waals surface area contributed by atoms with Crippen LogP contribution in [0.2, 0.25) is 5.02 Å². The van der Waals surface area contributed by atoms with Crippen molar-refractivity contribution >= 4 is 17.5 Å². The third-order valence-corrected chi connectivity index (χ3v) is 4.67. The molecule has 1 saturated heterocycles. The highest BCUT2D eigenvalue weighted by atomic mass is 35.5. The molecule has 126 valence electrons. The molecule has 24 heavy (non-hydrogen) atoms. The van der Waals surface area contributed by atoms with Crippen molar-refractivity contribution in [2.45, 2.75) is 12.5 Å². The van der Waals surface area contributed by atoms with Crippen LogP contribution in [0.5, 0.6) is 5.75 Å². The minimum absolute atomic E-state index is 0.0466. The molecule has 0 saturated carbocycles. The van der Waals surface area contributed by atoms with Gasteiger partial charge in [0.2, 0.25) is 5.91 Å². The molecule has 7 nitrogen and oxygen atoms in total. The Morgan fingerprint density at radius 2 is 2.29 bits per heavy atom. The van der Waals surface area contributed by atoms with Gasteiger partial charge in [-0.05, 0) is 30.2 Å². The van der Waals surface area contributed by atoms with Gasteiger partial charge in [0, 0.05) is 11.6 Å². The van der Waals surface area contributed by atoms with E-state index in [0.717, 1.165) is 11.3 Å². The second-order valence-electron chi connectivity index (χ2n) is 5.96. The highest BCUT2D eigenvalue weighted by molar-refractivity contribution is 6.30. The van der Waals surface area contributed by atoms with E-state index in [1.54, 1.807) is 6.07 Å². The predicted octanol–water partition coefficient (Wildman–Crippen LogP) is 1.61. The van der Waals surface area contributed by atoms with Crippen LogP contribution < -0.4 is 4.74 Å². The first-order valence-electron chi connectivity index (χ1n) is 7.87. The number of halogens is 1. The monoisotopic (exact) mass is 348 g/mol. The second kappa shape index (κ2) is 6.41. The lowest BCUT2D eigenvalue weighted by atomic mass is 9.94. The molecule has 2 aromatic rings. The summed E-state index contributed by atoms with van der Waals surface area (Å²) in [6.07, 6.45) is 2.06. The Bertz CT molecular complexity index is 737. The third kappa shape index (κ3) is 2.85. The van der Waals surface area contributed by atoms with Gasteiger partial charge in [-0.1, -0.05) is 11.6 Å². The number of nitrogens with zero attached hydrogens (tertiary/aromatic N) is 3. The molecule has 0 radical (unpaired) electrons. The molecule has 1 N–H and O–H groups in total. The van der Waals surface area contributed by atoms with E-state index in [1.807, 2.05) is 17.0 Å². The molecule has 1 aromatic heterocycles. The first kappa shape index (κ1) is 15.4. The number of nitrogens with one attached hydrogen (secondary N) is 1. The first-order chi connectivity index (χ1) is 11.7. The average Bonchev–Trinajstić information content (AvgIpc) is 3.15. The number of aromatic nitrogens is 3. The zero-order valence-electron chi connectivity index (χ0n) is 12.9. The molecule has 2 aliphatic rings. The summed E-state index contributed by atoms with van der Waals surface area (Å²) in [5.74, 6) is 1.25. The Morgan fingerprint density at radius 3 is 3.12 bits per heavy atom. The van der Waals surface area contributed by atoms with Crippen molar-refractivity contribution in [2.75, 3.05) is 26.4 Å². The molecule has 1 fully saturated rings. The van der Waals surface area contributed by atoms with Gasteiger partial charge in [-0.25, -0.2) is 4.98 Å². The third-order valence-electron chi connectivity index (χ3n) is 4.44. The smallest absolute Gasteiger partial charge is 0.230 e. The summed E-state index contributed by atoms with van der Waals surface area (Å²) < 4.78 is 11.3. The average molecular weight is 349 g/mol. The standard InChI is InChI=1S/C16H17ClN4O3/c17-12-1-2-14-10(6-12)5-11(7-24-14)16(22)21-3-4-23-8-13(21)15-18-9-19-20-15/h1-2,6,9,11,13H,3-5,7-8H2,(H,18,19,20). The number of morpholine rings is 1. The van der Waals surface area contributed by atoms with Crippen LogP contribution in [0.25, 0.3) is 0 Å². The van der Waals surface area contributed by atoms with Gasteiger partial charge in [0.25, 0.3) is 0 Å². The van der Waals surface area contributed by atoms with Gasteiger partial charge in [0.1, 0.15) is 30.5 Å². The molecular formula is C16H17ClN4O3. The Balaban J connectivity index is 1.54. The lowest BCUT2D eigenvalue weighted by Gasteiger charge is -2.37. The van der Waals surface area contributed by atoms with Crippen molar-refractivity contribution in [3.63, 3.8) is 0 Å². The minimum Gasteiger partial charge on any atom is -0.492 e. The molecule has 1 amide bonds. The van der Waals surface area contributed by atoms with Crippen molar-refractivity contribution < 1.29 is 14.3 Å². The Labute approximate surface area is 143 Å². The van der Waals surface area contributed by atoms with Crippen molar-refractivity contribution in [2.24, 2.45) is 5.92 Å². The lowest BCUT2D eigenvalue weighted by molar-refractivity contribution is -0.146. The highest BCUT2D eigenvalue weighted by Gasteiger charge is 2.36. The number of aromatic amines is 1. The van der Waals surface area contributed by atoms with Crippen LogP contribution in [0.15, 0.2) is 24.5 Å². The summed E-state index contributed by atoms with van der Waals surface area (Å²) in [4.78, 5) is 19.0. The largest absolute Gasteiger partial charge is 0.492 e. The number of benzene rings is 1. The van der Waals surface area contributed by atoms with E-state index in [2.05, 4.69) is 15.2 Å². The van der Waals surface area contributed by atoms with E-state index in [1.165, 1.54) is 6.33 Å². The topological polar surface area (TPSA) is 80.3 Å². The molecule has 8 heteroatoms. The fourth-order valence-electron chi connectivity index (χ4n) is 3.23. The number of fused-ring (bicyclic) bond motifs is 1. The molecule has 2 atom stereocenters. The van der Waals surface area contributed by atoms with E-state index < -0.39 is 0 Å². The summed E-state index contributed by atoms with van der Waals surface area (Å²) in [6.45, 7) is 1.83. The summed E-state index contributed by atoms with van der Waals surface area (Å²) >= 11 is 6.06. The minimum atomic E-state index is -0.241. The van der Waals surface area contributed by atoms with Gasteiger partial charge in [0.15, 0.2) is 0 Å². The summed E-state index contributed by atoms with van der Waals surface area (Å²) in [5.41, 5.74) is 0.969. The van der Waals surface area contributed by atoms with Crippen LogP contribution in [0.1, 0.15) is 17.4 Å². The zero-order valence-corrected chi connectivity index (χ0v) is 13.7. The molecule has 3 heterocycles. The van der Waals surface area contributed by atoms with Gasteiger partial charge in [-0.15, -0.1) is 0 Å². The molecule has 1 aromatic carbocycles.